The van der Waals surface area contributed by atoms with Crippen molar-refractivity contribution in [2.75, 3.05) is 49.4 Å². The summed E-state index contributed by atoms with van der Waals surface area (Å²) in [7, 11) is 13.0. The van der Waals surface area contributed by atoms with Crippen LogP contribution in [0.5, 0.6) is 0 Å². The molecule has 0 aliphatic heterocycles. The molecule has 0 aliphatic carbocycles. The first-order valence-electron chi connectivity index (χ1n) is 3.76. The van der Waals surface area contributed by atoms with Crippen LogP contribution in [0.25, 0.3) is 0 Å². The number of hydrogen-bond acceptors (Lipinski definition) is 1. The smallest absolute Gasteiger partial charge is 0.349 e. The van der Waals surface area contributed by atoms with Crippen LogP contribution in [0.4, 0.5) is 0 Å². The summed E-state index contributed by atoms with van der Waals surface area (Å²) in [5, 5.41) is 8.25. The van der Waals surface area contributed by atoms with E-state index < -0.39 is 0 Å². The Labute approximate surface area is 75.7 Å². The molecule has 4 heteroatoms. The second kappa shape index (κ2) is 6.91. The minimum atomic E-state index is 0.750. The van der Waals surface area contributed by atoms with Crippen LogP contribution in [0.3, 0.4) is 0 Å². The van der Waals surface area contributed by atoms with Crippen molar-refractivity contribution in [1.29, 1.82) is 0 Å². The molecule has 0 saturated heterocycles. The lowest BCUT2D eigenvalue weighted by Crippen LogP contribution is -2.40. The summed E-state index contributed by atoms with van der Waals surface area (Å²) in [5.41, 5.74) is 0. The van der Waals surface area contributed by atoms with Crippen molar-refractivity contribution in [2.45, 2.75) is 0 Å². The van der Waals surface area contributed by atoms with Gasteiger partial charge in [0.25, 0.3) is 0 Å². The van der Waals surface area contributed by atoms with Gasteiger partial charge in [0.2, 0.25) is 0 Å². The van der Waals surface area contributed by atoms with E-state index in [1.807, 2.05) is 42.3 Å². The number of nitrogens with zero attached hydrogens (tertiary/aromatic N) is 3. The topological polar surface area (TPSA) is 32.5 Å². The number of guanidine groups is 1. The minimum Gasteiger partial charge on any atom is -0.857 e. The van der Waals surface area contributed by atoms with Gasteiger partial charge in [0.05, 0.1) is 42.3 Å². The van der Waals surface area contributed by atoms with Crippen molar-refractivity contribution in [3.63, 3.8) is 0 Å². The lowest BCUT2D eigenvalue weighted by atomic mass is 10.7. The van der Waals surface area contributed by atoms with Gasteiger partial charge in [-0.2, -0.15) is 7.11 Å². The van der Waals surface area contributed by atoms with E-state index in [4.69, 9.17) is 5.11 Å². The number of rotatable bonds is 0. The summed E-state index contributed by atoms with van der Waals surface area (Å²) in [4.78, 5) is 4.17. The van der Waals surface area contributed by atoms with E-state index in [1.165, 1.54) is 5.96 Å². The third-order valence-corrected chi connectivity index (χ3v) is 1.20. The van der Waals surface area contributed by atoms with Crippen molar-refractivity contribution in [1.82, 2.24) is 9.80 Å². The first-order valence-corrected chi connectivity index (χ1v) is 3.76. The van der Waals surface area contributed by atoms with Crippen molar-refractivity contribution in [3.8, 4) is 0 Å². The SMILES string of the molecule is CN(C)C(N(C)C)=[N+](C)C.C[O-]. The second-order valence-electron chi connectivity index (χ2n) is 2.98. The monoisotopic (exact) mass is 175 g/mol. The zero-order valence-electron chi connectivity index (χ0n) is 9.25. The third-order valence-electron chi connectivity index (χ3n) is 1.20. The highest BCUT2D eigenvalue weighted by Gasteiger charge is 2.12. The van der Waals surface area contributed by atoms with Gasteiger partial charge in [-0.1, -0.05) is 0 Å². The fraction of sp³-hybridized carbons (Fsp3) is 0.875. The lowest BCUT2D eigenvalue weighted by Gasteiger charge is -2.16. The highest BCUT2D eigenvalue weighted by Crippen LogP contribution is 1.84. The van der Waals surface area contributed by atoms with Crippen molar-refractivity contribution >= 4 is 5.96 Å². The molecule has 0 fully saturated rings. The van der Waals surface area contributed by atoms with Crippen LogP contribution < -0.4 is 5.11 Å². The van der Waals surface area contributed by atoms with Crippen LogP contribution in [0.15, 0.2) is 0 Å². The van der Waals surface area contributed by atoms with Gasteiger partial charge >= 0.3 is 5.96 Å². The molecule has 0 atom stereocenters. The maximum atomic E-state index is 8.25. The van der Waals surface area contributed by atoms with Crippen LogP contribution in [-0.2, 0) is 0 Å². The van der Waals surface area contributed by atoms with Crippen molar-refractivity contribution in [2.24, 2.45) is 0 Å². The van der Waals surface area contributed by atoms with E-state index in [1.54, 1.807) is 0 Å². The van der Waals surface area contributed by atoms with Crippen LogP contribution in [-0.4, -0.2) is 69.7 Å². The predicted octanol–water partition coefficient (Wildman–Crippen LogP) is -1.29. The Hall–Kier alpha value is -0.770. The first kappa shape index (κ1) is 13.8. The first-order chi connectivity index (χ1) is 5.46. The van der Waals surface area contributed by atoms with Gasteiger partial charge in [-0.25, -0.2) is 0 Å². The molecule has 4 nitrogen and oxygen atoms in total. The van der Waals surface area contributed by atoms with E-state index in [0.717, 1.165) is 7.11 Å². The van der Waals surface area contributed by atoms with Gasteiger partial charge in [-0.3, -0.25) is 14.4 Å². The van der Waals surface area contributed by atoms with Gasteiger partial charge in [0.15, 0.2) is 0 Å². The van der Waals surface area contributed by atoms with E-state index in [2.05, 4.69) is 14.4 Å². The Bertz CT molecular complexity index is 127. The standard InChI is InChI=1S/C7H18N3.CH3O/c1-8(2)7(9(3)4)10(5)6;1-2/h1-6H3;1H3/q+1;-1. The molecule has 0 bridgehead atoms. The Morgan fingerprint density at radius 1 is 0.917 bits per heavy atom. The zero-order chi connectivity index (χ0) is 10.3. The van der Waals surface area contributed by atoms with Crippen LogP contribution in [0, 0.1) is 0 Å². The second-order valence-corrected chi connectivity index (χ2v) is 2.98. The van der Waals surface area contributed by atoms with Gasteiger partial charge < -0.3 is 5.11 Å². The van der Waals surface area contributed by atoms with Crippen LogP contribution in [0.1, 0.15) is 0 Å². The molecule has 0 aromatic rings. The summed E-state index contributed by atoms with van der Waals surface area (Å²) in [6.45, 7) is 0. The Morgan fingerprint density at radius 2 is 1.17 bits per heavy atom. The molecular weight excluding hydrogens is 154 g/mol. The van der Waals surface area contributed by atoms with Crippen LogP contribution in [0.2, 0.25) is 0 Å². The molecule has 0 amide bonds. The molecule has 0 heterocycles. The van der Waals surface area contributed by atoms with Gasteiger partial charge in [0, 0.05) is 0 Å². The lowest BCUT2D eigenvalue weighted by molar-refractivity contribution is -0.475. The van der Waals surface area contributed by atoms with E-state index >= 15 is 0 Å². The molecule has 12 heavy (non-hydrogen) atoms. The van der Waals surface area contributed by atoms with Gasteiger partial charge in [-0.15, -0.1) is 0 Å². The Kier molecular flexibility index (Phi) is 7.94. The molecule has 0 spiro atoms. The normalized spacial score (nSPS) is 8.00. The largest absolute Gasteiger partial charge is 0.857 e. The Balaban J connectivity index is 0. The quantitative estimate of drug-likeness (QED) is 0.261. The maximum absolute atomic E-state index is 8.25. The Morgan fingerprint density at radius 3 is 1.17 bits per heavy atom. The average molecular weight is 175 g/mol. The van der Waals surface area contributed by atoms with Crippen LogP contribution >= 0.6 is 0 Å². The highest BCUT2D eigenvalue weighted by atomic mass is 16.2. The average Bonchev–Trinajstić information content (AvgIpc) is 1.88. The van der Waals surface area contributed by atoms with E-state index in [9.17, 15) is 0 Å². The summed E-state index contributed by atoms with van der Waals surface area (Å²) < 4.78 is 2.08. The molecule has 0 radical (unpaired) electrons. The molecule has 0 rings (SSSR count). The molecule has 0 aromatic carbocycles. The molecule has 0 aliphatic rings. The van der Waals surface area contributed by atoms with E-state index in [0.29, 0.717) is 0 Å². The fourth-order valence-electron chi connectivity index (χ4n) is 1.20. The highest BCUT2D eigenvalue weighted by molar-refractivity contribution is 5.73. The molecular formula is C8H21N3O. The predicted molar refractivity (Wildman–Crippen MR) is 50.4 cm³/mol. The summed E-state index contributed by atoms with van der Waals surface area (Å²) in [5.74, 6) is 1.19. The third kappa shape index (κ3) is 4.96. The zero-order valence-corrected chi connectivity index (χ0v) is 9.25. The van der Waals surface area contributed by atoms with E-state index in [-0.39, 0.29) is 0 Å². The van der Waals surface area contributed by atoms with Crippen molar-refractivity contribution in [3.05, 3.63) is 0 Å². The molecule has 0 N–H and O–H groups in total. The summed E-state index contributed by atoms with van der Waals surface area (Å²) >= 11 is 0. The summed E-state index contributed by atoms with van der Waals surface area (Å²) in [6, 6.07) is 0. The molecule has 0 unspecified atom stereocenters. The van der Waals surface area contributed by atoms with Crippen molar-refractivity contribution < 1.29 is 9.68 Å². The maximum Gasteiger partial charge on any atom is 0.349 e. The molecule has 74 valence electrons. The van der Waals surface area contributed by atoms with Gasteiger partial charge in [0.1, 0.15) is 0 Å². The molecule has 0 aromatic heterocycles. The van der Waals surface area contributed by atoms with Gasteiger partial charge in [-0.05, 0) is 0 Å². The number of hydrogen-bond donors (Lipinski definition) is 0. The molecule has 0 saturated carbocycles. The fourth-order valence-corrected chi connectivity index (χ4v) is 1.20. The minimum absolute atomic E-state index is 0.750. The summed E-state index contributed by atoms with van der Waals surface area (Å²) in [6.07, 6.45) is 0.